The van der Waals surface area contributed by atoms with Gasteiger partial charge < -0.3 is 15.9 Å². The number of benzene rings is 1. The Kier molecular flexibility index (Phi) is 5.94. The molecule has 1 rings (SSSR count). The Bertz CT molecular complexity index is 265. The predicted octanol–water partition coefficient (Wildman–Crippen LogP) is 1.37. The van der Waals surface area contributed by atoms with E-state index >= 15 is 0 Å². The van der Waals surface area contributed by atoms with Gasteiger partial charge in [-0.05, 0) is 18.6 Å². The Morgan fingerprint density at radius 1 is 1.29 bits per heavy atom. The molecule has 14 heavy (non-hydrogen) atoms. The SMILES string of the molecule is CCCC(N)=O.Oc1ccccc1O. The van der Waals surface area contributed by atoms with E-state index in [2.05, 4.69) is 0 Å². The molecule has 0 heterocycles. The zero-order chi connectivity index (χ0) is 11.0. The molecular weight excluding hydrogens is 182 g/mol. The summed E-state index contributed by atoms with van der Waals surface area (Å²) in [5, 5.41) is 17.3. The quantitative estimate of drug-likeness (QED) is 0.626. The van der Waals surface area contributed by atoms with Gasteiger partial charge in [-0.15, -0.1) is 0 Å². The minimum Gasteiger partial charge on any atom is -0.504 e. The molecule has 1 aromatic rings. The molecule has 0 saturated carbocycles. The normalized spacial score (nSPS) is 8.64. The summed E-state index contributed by atoms with van der Waals surface area (Å²) in [4.78, 5) is 9.82. The molecule has 4 heteroatoms. The van der Waals surface area contributed by atoms with Crippen LogP contribution in [0.25, 0.3) is 0 Å². The van der Waals surface area contributed by atoms with Crippen LogP contribution in [0.2, 0.25) is 0 Å². The third-order valence-corrected chi connectivity index (χ3v) is 1.38. The third kappa shape index (κ3) is 5.88. The second-order valence-corrected chi connectivity index (χ2v) is 2.71. The molecule has 0 saturated heterocycles. The van der Waals surface area contributed by atoms with Gasteiger partial charge >= 0.3 is 0 Å². The average Bonchev–Trinajstić information content (AvgIpc) is 2.11. The lowest BCUT2D eigenvalue weighted by Gasteiger charge is -1.91. The van der Waals surface area contributed by atoms with Gasteiger partial charge in [0.25, 0.3) is 0 Å². The van der Waals surface area contributed by atoms with Crippen molar-refractivity contribution in [3.8, 4) is 11.5 Å². The minimum atomic E-state index is -0.211. The summed E-state index contributed by atoms with van der Waals surface area (Å²) in [5.74, 6) is -0.363. The topological polar surface area (TPSA) is 83.6 Å². The molecule has 0 bridgehead atoms. The van der Waals surface area contributed by atoms with Gasteiger partial charge in [0.1, 0.15) is 0 Å². The number of phenolic OH excluding ortho intramolecular Hbond substituents is 2. The molecule has 0 aliphatic heterocycles. The summed E-state index contributed by atoms with van der Waals surface area (Å²) < 4.78 is 0. The Morgan fingerprint density at radius 3 is 1.86 bits per heavy atom. The van der Waals surface area contributed by atoms with Gasteiger partial charge in [0, 0.05) is 6.42 Å². The highest BCUT2D eigenvalue weighted by atomic mass is 16.3. The largest absolute Gasteiger partial charge is 0.504 e. The number of hydrogen-bond acceptors (Lipinski definition) is 3. The van der Waals surface area contributed by atoms with E-state index in [0.29, 0.717) is 6.42 Å². The van der Waals surface area contributed by atoms with Crippen LogP contribution in [0.1, 0.15) is 19.8 Å². The number of carbonyl (C=O) groups excluding carboxylic acids is 1. The maximum Gasteiger partial charge on any atom is 0.217 e. The molecule has 1 aromatic carbocycles. The van der Waals surface area contributed by atoms with Crippen LogP contribution in [0.15, 0.2) is 24.3 Å². The molecule has 0 spiro atoms. The van der Waals surface area contributed by atoms with E-state index in [1.165, 1.54) is 12.1 Å². The highest BCUT2D eigenvalue weighted by Crippen LogP contribution is 2.21. The van der Waals surface area contributed by atoms with Gasteiger partial charge in [0.05, 0.1) is 0 Å². The number of rotatable bonds is 2. The van der Waals surface area contributed by atoms with Crippen molar-refractivity contribution in [2.45, 2.75) is 19.8 Å². The number of carbonyl (C=O) groups is 1. The molecule has 1 amide bonds. The number of amides is 1. The van der Waals surface area contributed by atoms with E-state index in [4.69, 9.17) is 15.9 Å². The van der Waals surface area contributed by atoms with Crippen LogP contribution >= 0.6 is 0 Å². The molecule has 0 unspecified atom stereocenters. The van der Waals surface area contributed by atoms with Gasteiger partial charge in [0.15, 0.2) is 11.5 Å². The van der Waals surface area contributed by atoms with Crippen LogP contribution in [0.3, 0.4) is 0 Å². The number of hydrogen-bond donors (Lipinski definition) is 3. The predicted molar refractivity (Wildman–Crippen MR) is 53.9 cm³/mol. The molecule has 78 valence electrons. The monoisotopic (exact) mass is 197 g/mol. The van der Waals surface area contributed by atoms with Gasteiger partial charge in [-0.1, -0.05) is 19.1 Å². The lowest BCUT2D eigenvalue weighted by molar-refractivity contribution is -0.118. The Morgan fingerprint density at radius 2 is 1.71 bits per heavy atom. The molecule has 0 aliphatic rings. The molecule has 0 fully saturated rings. The van der Waals surface area contributed by atoms with E-state index in [0.717, 1.165) is 6.42 Å². The Hall–Kier alpha value is -1.71. The van der Waals surface area contributed by atoms with Crippen molar-refractivity contribution in [2.75, 3.05) is 0 Å². The summed E-state index contributed by atoms with van der Waals surface area (Å²) in [6.07, 6.45) is 1.37. The van der Waals surface area contributed by atoms with E-state index < -0.39 is 0 Å². The molecule has 4 nitrogen and oxygen atoms in total. The first-order valence-corrected chi connectivity index (χ1v) is 4.33. The number of para-hydroxylation sites is 2. The fourth-order valence-electron chi connectivity index (χ4n) is 0.711. The standard InChI is InChI=1S/C6H6O2.C4H9NO/c7-5-3-1-2-4-6(5)8;1-2-3-4(5)6/h1-4,7-8H;2-3H2,1H3,(H2,5,6). The van der Waals surface area contributed by atoms with Gasteiger partial charge in [0.2, 0.25) is 5.91 Å². The summed E-state index contributed by atoms with van der Waals surface area (Å²) in [7, 11) is 0. The lowest BCUT2D eigenvalue weighted by atomic mass is 10.3. The van der Waals surface area contributed by atoms with E-state index in [1.807, 2.05) is 6.92 Å². The molecule has 0 aliphatic carbocycles. The van der Waals surface area contributed by atoms with Crippen molar-refractivity contribution in [1.82, 2.24) is 0 Å². The first kappa shape index (κ1) is 12.3. The highest BCUT2D eigenvalue weighted by molar-refractivity contribution is 5.73. The van der Waals surface area contributed by atoms with Gasteiger partial charge in [-0.3, -0.25) is 4.79 Å². The second-order valence-electron chi connectivity index (χ2n) is 2.71. The summed E-state index contributed by atoms with van der Waals surface area (Å²) in [6, 6.07) is 6.15. The van der Waals surface area contributed by atoms with Crippen LogP contribution in [-0.2, 0) is 4.79 Å². The second kappa shape index (κ2) is 6.77. The van der Waals surface area contributed by atoms with E-state index in [-0.39, 0.29) is 17.4 Å². The van der Waals surface area contributed by atoms with Crippen LogP contribution in [-0.4, -0.2) is 16.1 Å². The summed E-state index contributed by atoms with van der Waals surface area (Å²) in [5.41, 5.74) is 4.76. The molecule has 4 N–H and O–H groups in total. The lowest BCUT2D eigenvalue weighted by Crippen LogP contribution is -2.08. The summed E-state index contributed by atoms with van der Waals surface area (Å²) >= 11 is 0. The third-order valence-electron chi connectivity index (χ3n) is 1.38. The zero-order valence-corrected chi connectivity index (χ0v) is 8.10. The number of phenols is 2. The van der Waals surface area contributed by atoms with Crippen LogP contribution in [0.4, 0.5) is 0 Å². The number of nitrogens with two attached hydrogens (primary N) is 1. The van der Waals surface area contributed by atoms with Crippen molar-refractivity contribution in [1.29, 1.82) is 0 Å². The van der Waals surface area contributed by atoms with Crippen LogP contribution in [0.5, 0.6) is 11.5 Å². The number of aromatic hydroxyl groups is 2. The molecule has 0 atom stereocenters. The first-order valence-electron chi connectivity index (χ1n) is 4.33. The van der Waals surface area contributed by atoms with Crippen molar-refractivity contribution in [3.63, 3.8) is 0 Å². The zero-order valence-electron chi connectivity index (χ0n) is 8.10. The van der Waals surface area contributed by atoms with Crippen molar-refractivity contribution in [2.24, 2.45) is 5.73 Å². The van der Waals surface area contributed by atoms with Gasteiger partial charge in [-0.2, -0.15) is 0 Å². The maximum atomic E-state index is 9.82. The van der Waals surface area contributed by atoms with Crippen molar-refractivity contribution in [3.05, 3.63) is 24.3 Å². The van der Waals surface area contributed by atoms with Gasteiger partial charge in [-0.25, -0.2) is 0 Å². The fraction of sp³-hybridized carbons (Fsp3) is 0.300. The van der Waals surface area contributed by atoms with E-state index in [9.17, 15) is 4.79 Å². The molecule has 0 aromatic heterocycles. The van der Waals surface area contributed by atoms with Crippen LogP contribution in [0, 0.1) is 0 Å². The van der Waals surface area contributed by atoms with Crippen LogP contribution < -0.4 is 5.73 Å². The molecule has 0 radical (unpaired) electrons. The minimum absolute atomic E-state index is 0.0764. The Labute approximate surface area is 83.0 Å². The number of primary amides is 1. The average molecular weight is 197 g/mol. The molecular formula is C10H15NO3. The van der Waals surface area contributed by atoms with Crippen molar-refractivity contribution < 1.29 is 15.0 Å². The fourth-order valence-corrected chi connectivity index (χ4v) is 0.711. The highest BCUT2D eigenvalue weighted by Gasteiger charge is 1.90. The maximum absolute atomic E-state index is 9.82. The van der Waals surface area contributed by atoms with E-state index in [1.54, 1.807) is 12.1 Å². The first-order chi connectivity index (χ1) is 6.57. The Balaban J connectivity index is 0.000000255. The smallest absolute Gasteiger partial charge is 0.217 e. The summed E-state index contributed by atoms with van der Waals surface area (Å²) in [6.45, 7) is 1.92. The van der Waals surface area contributed by atoms with Crippen molar-refractivity contribution >= 4 is 5.91 Å².